The molecule has 7 heteroatoms. The first-order chi connectivity index (χ1) is 19.0. The van der Waals surface area contributed by atoms with Crippen LogP contribution in [0.15, 0.2) is 89.3 Å². The van der Waals surface area contributed by atoms with E-state index in [4.69, 9.17) is 9.15 Å². The van der Waals surface area contributed by atoms with Crippen LogP contribution >= 0.6 is 0 Å². The molecule has 0 bridgehead atoms. The Balaban J connectivity index is 1.14. The Morgan fingerprint density at radius 1 is 0.974 bits per heavy atom. The molecule has 0 radical (unpaired) electrons. The van der Waals surface area contributed by atoms with E-state index < -0.39 is 0 Å². The number of rotatable bonds is 8. The van der Waals surface area contributed by atoms with E-state index in [0.29, 0.717) is 18.1 Å². The van der Waals surface area contributed by atoms with E-state index >= 15 is 0 Å². The summed E-state index contributed by atoms with van der Waals surface area (Å²) in [7, 11) is 0. The number of amides is 2. The SMILES string of the molecule is O=C(NCc1ccc(F)cc1)c1ccc(COc2ccc3c(c2)[C@@H](c2ccccc2)N(C(=O)C2CC2)CC3)o1. The normalized spacial score (nSPS) is 16.4. The first-order valence-corrected chi connectivity index (χ1v) is 13.3. The molecule has 4 aromatic rings. The Hall–Kier alpha value is -4.39. The number of nitrogens with zero attached hydrogens (tertiary/aromatic N) is 1. The summed E-state index contributed by atoms with van der Waals surface area (Å²) in [5.41, 5.74) is 4.18. The van der Waals surface area contributed by atoms with Crippen LogP contribution in [0.1, 0.15) is 57.5 Å². The second kappa shape index (κ2) is 10.8. The van der Waals surface area contributed by atoms with Crippen molar-refractivity contribution in [2.24, 2.45) is 5.92 Å². The number of carbonyl (C=O) groups excluding carboxylic acids is 2. The largest absolute Gasteiger partial charge is 0.486 e. The molecule has 0 saturated heterocycles. The van der Waals surface area contributed by atoms with Crippen LogP contribution in [0, 0.1) is 11.7 Å². The quantitative estimate of drug-likeness (QED) is 0.316. The van der Waals surface area contributed by atoms with Crippen LogP contribution in [-0.2, 0) is 24.4 Å². The summed E-state index contributed by atoms with van der Waals surface area (Å²) in [6.07, 6.45) is 2.76. The van der Waals surface area contributed by atoms with Crippen LogP contribution < -0.4 is 10.1 Å². The predicted molar refractivity (Wildman–Crippen MR) is 143 cm³/mol. The zero-order chi connectivity index (χ0) is 26.8. The Bertz CT molecular complexity index is 1480. The molecule has 1 aromatic heterocycles. The van der Waals surface area contributed by atoms with Gasteiger partial charge in [0.15, 0.2) is 5.76 Å². The first kappa shape index (κ1) is 24.9. The topological polar surface area (TPSA) is 71.8 Å². The lowest BCUT2D eigenvalue weighted by Crippen LogP contribution is -2.41. The fourth-order valence-corrected chi connectivity index (χ4v) is 5.08. The molecule has 1 N–H and O–H groups in total. The predicted octanol–water partition coefficient (Wildman–Crippen LogP) is 5.81. The zero-order valence-electron chi connectivity index (χ0n) is 21.4. The molecule has 6 nitrogen and oxygen atoms in total. The molecule has 198 valence electrons. The Morgan fingerprint density at radius 2 is 1.77 bits per heavy atom. The van der Waals surface area contributed by atoms with Gasteiger partial charge in [-0.25, -0.2) is 4.39 Å². The van der Waals surface area contributed by atoms with Gasteiger partial charge < -0.3 is 19.4 Å². The van der Waals surface area contributed by atoms with E-state index in [2.05, 4.69) is 23.5 Å². The standard InChI is InChI=1S/C32H29FN2O4/c33-25-11-6-21(7-12-25)19-34-31(36)29-15-14-27(39-29)20-38-26-13-10-22-16-17-35(32(37)24-8-9-24)30(28(22)18-26)23-4-2-1-3-5-23/h1-7,10-15,18,24,30H,8-9,16-17,19-20H2,(H,34,36)/t30-/m1/s1. The number of ether oxygens (including phenoxy) is 1. The molecule has 39 heavy (non-hydrogen) atoms. The lowest BCUT2D eigenvalue weighted by Gasteiger charge is -2.38. The molecule has 1 aliphatic heterocycles. The lowest BCUT2D eigenvalue weighted by atomic mass is 9.87. The van der Waals surface area contributed by atoms with Crippen molar-refractivity contribution in [3.63, 3.8) is 0 Å². The van der Waals surface area contributed by atoms with Crippen molar-refractivity contribution >= 4 is 11.8 Å². The Kier molecular flexibility index (Phi) is 6.88. The van der Waals surface area contributed by atoms with Crippen molar-refractivity contribution in [3.05, 3.63) is 125 Å². The average Bonchev–Trinajstić information content (AvgIpc) is 3.72. The summed E-state index contributed by atoms with van der Waals surface area (Å²) in [5, 5.41) is 2.77. The van der Waals surface area contributed by atoms with Gasteiger partial charge in [-0.1, -0.05) is 48.5 Å². The van der Waals surface area contributed by atoms with Crippen LogP contribution in [0.3, 0.4) is 0 Å². The summed E-state index contributed by atoms with van der Waals surface area (Å²) in [5.74, 6) is 1.09. The smallest absolute Gasteiger partial charge is 0.287 e. The minimum absolute atomic E-state index is 0.147. The molecule has 1 atom stereocenters. The summed E-state index contributed by atoms with van der Waals surface area (Å²) in [6, 6.07) is 25.3. The molecular formula is C32H29FN2O4. The van der Waals surface area contributed by atoms with Crippen LogP contribution in [0.4, 0.5) is 4.39 Å². The van der Waals surface area contributed by atoms with Crippen LogP contribution in [0.25, 0.3) is 0 Å². The van der Waals surface area contributed by atoms with Crippen molar-refractivity contribution in [1.82, 2.24) is 10.2 Å². The molecule has 1 saturated carbocycles. The number of hydrogen-bond donors (Lipinski definition) is 1. The van der Waals surface area contributed by atoms with Crippen LogP contribution in [0.2, 0.25) is 0 Å². The van der Waals surface area contributed by atoms with Gasteiger partial charge in [-0.3, -0.25) is 9.59 Å². The number of hydrogen-bond acceptors (Lipinski definition) is 4. The molecule has 2 aliphatic rings. The van der Waals surface area contributed by atoms with Crippen molar-refractivity contribution in [1.29, 1.82) is 0 Å². The van der Waals surface area contributed by atoms with Crippen molar-refractivity contribution < 1.29 is 23.1 Å². The van der Waals surface area contributed by atoms with E-state index in [-0.39, 0.29) is 48.5 Å². The molecule has 0 spiro atoms. The molecule has 1 fully saturated rings. The van der Waals surface area contributed by atoms with Gasteiger partial charge in [-0.2, -0.15) is 0 Å². The summed E-state index contributed by atoms with van der Waals surface area (Å²) in [4.78, 5) is 27.7. The van der Waals surface area contributed by atoms with Crippen LogP contribution in [0.5, 0.6) is 5.75 Å². The summed E-state index contributed by atoms with van der Waals surface area (Å²) in [6.45, 7) is 1.13. The molecule has 3 aromatic carbocycles. The lowest BCUT2D eigenvalue weighted by molar-refractivity contribution is -0.134. The van der Waals surface area contributed by atoms with Gasteiger partial charge in [0.05, 0.1) is 6.04 Å². The summed E-state index contributed by atoms with van der Waals surface area (Å²) < 4.78 is 24.9. The van der Waals surface area contributed by atoms with Gasteiger partial charge in [-0.05, 0) is 77.9 Å². The number of benzene rings is 3. The van der Waals surface area contributed by atoms with Crippen molar-refractivity contribution in [2.45, 2.75) is 38.5 Å². The number of halogens is 1. The fourth-order valence-electron chi connectivity index (χ4n) is 5.08. The highest BCUT2D eigenvalue weighted by Gasteiger charge is 2.39. The monoisotopic (exact) mass is 524 g/mol. The van der Waals surface area contributed by atoms with E-state index in [0.717, 1.165) is 36.0 Å². The third kappa shape index (κ3) is 5.58. The second-order valence-electron chi connectivity index (χ2n) is 10.1. The van der Waals surface area contributed by atoms with E-state index in [9.17, 15) is 14.0 Å². The second-order valence-corrected chi connectivity index (χ2v) is 10.1. The molecule has 2 amide bonds. The first-order valence-electron chi connectivity index (χ1n) is 13.3. The van der Waals surface area contributed by atoms with E-state index in [1.165, 1.54) is 17.7 Å². The van der Waals surface area contributed by atoms with Gasteiger partial charge in [0.2, 0.25) is 5.91 Å². The van der Waals surface area contributed by atoms with Gasteiger partial charge >= 0.3 is 0 Å². The Labute approximate surface area is 226 Å². The highest BCUT2D eigenvalue weighted by Crippen LogP contribution is 2.41. The van der Waals surface area contributed by atoms with Gasteiger partial charge in [-0.15, -0.1) is 0 Å². The molecule has 6 rings (SSSR count). The highest BCUT2D eigenvalue weighted by molar-refractivity contribution is 5.91. The average molecular weight is 525 g/mol. The number of nitrogens with one attached hydrogen (secondary N) is 1. The summed E-state index contributed by atoms with van der Waals surface area (Å²) >= 11 is 0. The third-order valence-corrected chi connectivity index (χ3v) is 7.30. The fraction of sp³-hybridized carbons (Fsp3) is 0.250. The van der Waals surface area contributed by atoms with E-state index in [1.54, 1.807) is 24.3 Å². The zero-order valence-corrected chi connectivity index (χ0v) is 21.4. The minimum Gasteiger partial charge on any atom is -0.486 e. The maximum Gasteiger partial charge on any atom is 0.287 e. The number of furan rings is 1. The minimum atomic E-state index is -0.356. The number of carbonyl (C=O) groups is 2. The van der Waals surface area contributed by atoms with E-state index in [1.807, 2.05) is 35.2 Å². The molecule has 1 aliphatic carbocycles. The number of fused-ring (bicyclic) bond motifs is 1. The molecule has 2 heterocycles. The van der Waals surface area contributed by atoms with Crippen LogP contribution in [-0.4, -0.2) is 23.3 Å². The molecular weight excluding hydrogens is 495 g/mol. The maximum absolute atomic E-state index is 13.2. The molecule has 0 unspecified atom stereocenters. The van der Waals surface area contributed by atoms with Gasteiger partial charge in [0.25, 0.3) is 5.91 Å². The van der Waals surface area contributed by atoms with Gasteiger partial charge in [0, 0.05) is 19.0 Å². The highest BCUT2D eigenvalue weighted by atomic mass is 19.1. The van der Waals surface area contributed by atoms with Gasteiger partial charge in [0.1, 0.15) is 23.9 Å². The van der Waals surface area contributed by atoms with Crippen molar-refractivity contribution in [2.75, 3.05) is 6.54 Å². The Morgan fingerprint density at radius 3 is 2.54 bits per heavy atom. The maximum atomic E-state index is 13.2. The third-order valence-electron chi connectivity index (χ3n) is 7.30. The van der Waals surface area contributed by atoms with Crippen molar-refractivity contribution in [3.8, 4) is 5.75 Å².